The van der Waals surface area contributed by atoms with E-state index in [0.29, 0.717) is 12.4 Å². The van der Waals surface area contributed by atoms with Gasteiger partial charge < -0.3 is 4.74 Å². The molecule has 0 aromatic carbocycles. The van der Waals surface area contributed by atoms with Gasteiger partial charge in [-0.2, -0.15) is 0 Å². The summed E-state index contributed by atoms with van der Waals surface area (Å²) in [6.07, 6.45) is 3.53. The SMILES string of the molecule is COCCC1(Br)CCCC1=O. The van der Waals surface area contributed by atoms with Crippen LogP contribution in [0, 0.1) is 0 Å². The summed E-state index contributed by atoms with van der Waals surface area (Å²) >= 11 is 3.48. The number of hydrogen-bond donors (Lipinski definition) is 0. The number of methoxy groups -OCH3 is 1. The average molecular weight is 221 g/mol. The van der Waals surface area contributed by atoms with Crippen LogP contribution >= 0.6 is 15.9 Å². The van der Waals surface area contributed by atoms with Gasteiger partial charge in [0.15, 0.2) is 0 Å². The van der Waals surface area contributed by atoms with Gasteiger partial charge in [0.05, 0.1) is 4.32 Å². The molecule has 1 unspecified atom stereocenters. The fourth-order valence-electron chi connectivity index (χ4n) is 1.42. The van der Waals surface area contributed by atoms with Crippen LogP contribution in [-0.4, -0.2) is 23.8 Å². The summed E-state index contributed by atoms with van der Waals surface area (Å²) in [6, 6.07) is 0. The van der Waals surface area contributed by atoms with Crippen LogP contribution < -0.4 is 0 Å². The molecule has 0 saturated heterocycles. The van der Waals surface area contributed by atoms with Crippen molar-refractivity contribution < 1.29 is 9.53 Å². The van der Waals surface area contributed by atoms with E-state index in [1.807, 2.05) is 0 Å². The van der Waals surface area contributed by atoms with E-state index in [-0.39, 0.29) is 4.32 Å². The molecule has 1 aliphatic rings. The van der Waals surface area contributed by atoms with Crippen molar-refractivity contribution in [2.45, 2.75) is 30.0 Å². The molecule has 0 spiro atoms. The summed E-state index contributed by atoms with van der Waals surface area (Å²) in [4.78, 5) is 11.3. The minimum atomic E-state index is -0.247. The first-order valence-corrected chi connectivity index (χ1v) is 4.69. The van der Waals surface area contributed by atoms with Crippen molar-refractivity contribution in [2.24, 2.45) is 0 Å². The number of Topliss-reactive ketones (excluding diaryl/α,β-unsaturated/α-hetero) is 1. The lowest BCUT2D eigenvalue weighted by Crippen LogP contribution is -2.27. The van der Waals surface area contributed by atoms with Gasteiger partial charge in [-0.05, 0) is 19.3 Å². The Labute approximate surface area is 75.4 Å². The Balaban J connectivity index is 2.44. The predicted octanol–water partition coefficient (Wildman–Crippen LogP) is 1.91. The van der Waals surface area contributed by atoms with Crippen molar-refractivity contribution in [1.82, 2.24) is 0 Å². The van der Waals surface area contributed by atoms with Crippen LogP contribution in [0.3, 0.4) is 0 Å². The highest BCUT2D eigenvalue weighted by Gasteiger charge is 2.38. The molecule has 0 heterocycles. The molecule has 64 valence electrons. The Bertz CT molecular complexity index is 158. The fourth-order valence-corrected chi connectivity index (χ4v) is 2.06. The van der Waals surface area contributed by atoms with E-state index in [1.54, 1.807) is 7.11 Å². The molecule has 1 aliphatic carbocycles. The van der Waals surface area contributed by atoms with Crippen molar-refractivity contribution in [1.29, 1.82) is 0 Å². The molecule has 0 aromatic heterocycles. The van der Waals surface area contributed by atoms with Crippen LogP contribution in [0.15, 0.2) is 0 Å². The van der Waals surface area contributed by atoms with Gasteiger partial charge in [-0.15, -0.1) is 0 Å². The molecule has 0 radical (unpaired) electrons. The third kappa shape index (κ3) is 2.03. The Morgan fingerprint density at radius 1 is 1.73 bits per heavy atom. The van der Waals surface area contributed by atoms with Crippen LogP contribution in [0.25, 0.3) is 0 Å². The van der Waals surface area contributed by atoms with Gasteiger partial charge in [0.2, 0.25) is 0 Å². The molecule has 0 amide bonds. The van der Waals surface area contributed by atoms with E-state index in [0.717, 1.165) is 25.7 Å². The molecule has 2 nitrogen and oxygen atoms in total. The third-order valence-corrected chi connectivity index (χ3v) is 3.41. The minimum absolute atomic E-state index is 0.247. The van der Waals surface area contributed by atoms with Gasteiger partial charge in [-0.3, -0.25) is 4.79 Å². The second-order valence-corrected chi connectivity index (χ2v) is 4.50. The summed E-state index contributed by atoms with van der Waals surface area (Å²) in [5, 5.41) is 0. The molecule has 1 saturated carbocycles. The van der Waals surface area contributed by atoms with Crippen LogP contribution in [0.2, 0.25) is 0 Å². The van der Waals surface area contributed by atoms with Gasteiger partial charge >= 0.3 is 0 Å². The molecule has 0 aromatic rings. The maximum absolute atomic E-state index is 11.3. The van der Waals surface area contributed by atoms with E-state index in [2.05, 4.69) is 15.9 Å². The van der Waals surface area contributed by atoms with Crippen molar-refractivity contribution in [3.8, 4) is 0 Å². The fraction of sp³-hybridized carbons (Fsp3) is 0.875. The topological polar surface area (TPSA) is 26.3 Å². The van der Waals surface area contributed by atoms with Gasteiger partial charge in [0, 0.05) is 20.1 Å². The molecule has 11 heavy (non-hydrogen) atoms. The maximum atomic E-state index is 11.3. The molecule has 0 bridgehead atoms. The lowest BCUT2D eigenvalue weighted by Gasteiger charge is -2.18. The van der Waals surface area contributed by atoms with Crippen molar-refractivity contribution in [3.63, 3.8) is 0 Å². The Morgan fingerprint density at radius 3 is 2.91 bits per heavy atom. The maximum Gasteiger partial charge on any atom is 0.149 e. The van der Waals surface area contributed by atoms with Gasteiger partial charge in [-0.1, -0.05) is 15.9 Å². The number of rotatable bonds is 3. The first-order chi connectivity index (χ1) is 5.19. The summed E-state index contributed by atoms with van der Waals surface area (Å²) in [5.74, 6) is 0.342. The highest BCUT2D eigenvalue weighted by atomic mass is 79.9. The molecule has 0 N–H and O–H groups in total. The third-order valence-electron chi connectivity index (χ3n) is 2.18. The minimum Gasteiger partial charge on any atom is -0.385 e. The van der Waals surface area contributed by atoms with Crippen LogP contribution in [0.4, 0.5) is 0 Å². The van der Waals surface area contributed by atoms with Gasteiger partial charge in [0.25, 0.3) is 0 Å². The number of hydrogen-bond acceptors (Lipinski definition) is 2. The first-order valence-electron chi connectivity index (χ1n) is 3.90. The molecule has 3 heteroatoms. The summed E-state index contributed by atoms with van der Waals surface area (Å²) < 4.78 is 4.69. The van der Waals surface area contributed by atoms with Crippen molar-refractivity contribution >= 4 is 21.7 Å². The Hall–Kier alpha value is 0.110. The number of carbonyl (C=O) groups excluding carboxylic acids is 1. The van der Waals surface area contributed by atoms with E-state index in [1.165, 1.54) is 0 Å². The van der Waals surface area contributed by atoms with E-state index >= 15 is 0 Å². The summed E-state index contributed by atoms with van der Waals surface area (Å²) in [6.45, 7) is 0.664. The summed E-state index contributed by atoms with van der Waals surface area (Å²) in [5.41, 5.74) is 0. The van der Waals surface area contributed by atoms with Crippen LogP contribution in [0.1, 0.15) is 25.7 Å². The highest BCUT2D eigenvalue weighted by Crippen LogP contribution is 2.37. The Kier molecular flexibility index (Phi) is 3.07. The lowest BCUT2D eigenvalue weighted by atomic mass is 10.0. The Morgan fingerprint density at radius 2 is 2.45 bits per heavy atom. The van der Waals surface area contributed by atoms with Crippen molar-refractivity contribution in [3.05, 3.63) is 0 Å². The second kappa shape index (κ2) is 3.68. The average Bonchev–Trinajstić information content (AvgIpc) is 2.30. The molecule has 0 aliphatic heterocycles. The van der Waals surface area contributed by atoms with E-state index in [9.17, 15) is 4.79 Å². The quantitative estimate of drug-likeness (QED) is 0.680. The number of alkyl halides is 1. The van der Waals surface area contributed by atoms with Crippen LogP contribution in [0.5, 0.6) is 0 Å². The number of carbonyl (C=O) groups is 1. The predicted molar refractivity (Wildman–Crippen MR) is 47.0 cm³/mol. The zero-order valence-corrected chi connectivity index (χ0v) is 8.32. The standard InChI is InChI=1S/C8H13BrO2/c1-11-6-5-8(9)4-2-3-7(8)10/h2-6H2,1H3. The smallest absolute Gasteiger partial charge is 0.149 e. The lowest BCUT2D eigenvalue weighted by molar-refractivity contribution is -0.119. The van der Waals surface area contributed by atoms with Crippen LogP contribution in [-0.2, 0) is 9.53 Å². The van der Waals surface area contributed by atoms with E-state index in [4.69, 9.17) is 4.74 Å². The molecular weight excluding hydrogens is 208 g/mol. The summed E-state index contributed by atoms with van der Waals surface area (Å²) in [7, 11) is 1.66. The monoisotopic (exact) mass is 220 g/mol. The largest absolute Gasteiger partial charge is 0.385 e. The zero-order valence-electron chi connectivity index (χ0n) is 6.73. The van der Waals surface area contributed by atoms with Gasteiger partial charge in [0.1, 0.15) is 5.78 Å². The van der Waals surface area contributed by atoms with E-state index < -0.39 is 0 Å². The molecule has 1 rings (SSSR count). The molecule has 1 fully saturated rings. The molecule has 1 atom stereocenters. The second-order valence-electron chi connectivity index (χ2n) is 2.98. The zero-order chi connectivity index (χ0) is 8.32. The number of ether oxygens (including phenoxy) is 1. The van der Waals surface area contributed by atoms with Crippen molar-refractivity contribution in [2.75, 3.05) is 13.7 Å². The highest BCUT2D eigenvalue weighted by molar-refractivity contribution is 9.10. The van der Waals surface area contributed by atoms with Gasteiger partial charge in [-0.25, -0.2) is 0 Å². The normalized spacial score (nSPS) is 31.3. The first kappa shape index (κ1) is 9.20. The molecular formula is C8H13BrO2. The number of ketones is 1. The number of halogens is 1.